The van der Waals surface area contributed by atoms with Crippen molar-refractivity contribution in [2.75, 3.05) is 33.4 Å². The third-order valence-electron chi connectivity index (χ3n) is 5.01. The SMILES string of the molecule is CCNC(=NCc1coc(-c2ccc(C)cc2)n1)NCC1(OC)CCOCC1. The highest BCUT2D eigenvalue weighted by Gasteiger charge is 2.32. The molecule has 0 spiro atoms. The van der Waals surface area contributed by atoms with E-state index in [2.05, 4.69) is 27.5 Å². The van der Waals surface area contributed by atoms with Crippen LogP contribution in [-0.4, -0.2) is 50.0 Å². The summed E-state index contributed by atoms with van der Waals surface area (Å²) in [4.78, 5) is 9.19. The van der Waals surface area contributed by atoms with E-state index in [1.165, 1.54) is 5.56 Å². The van der Waals surface area contributed by atoms with Crippen LogP contribution in [0.25, 0.3) is 11.5 Å². The number of oxazole rings is 1. The molecule has 7 heteroatoms. The van der Waals surface area contributed by atoms with Crippen molar-refractivity contribution in [2.45, 2.75) is 38.8 Å². The summed E-state index contributed by atoms with van der Waals surface area (Å²) >= 11 is 0. The minimum absolute atomic E-state index is 0.207. The summed E-state index contributed by atoms with van der Waals surface area (Å²) in [5.74, 6) is 1.36. The van der Waals surface area contributed by atoms with Gasteiger partial charge in [-0.2, -0.15) is 0 Å². The summed E-state index contributed by atoms with van der Waals surface area (Å²) in [6, 6.07) is 8.12. The molecule has 0 unspecified atom stereocenters. The Morgan fingerprint density at radius 1 is 1.21 bits per heavy atom. The predicted molar refractivity (Wildman–Crippen MR) is 109 cm³/mol. The van der Waals surface area contributed by atoms with E-state index in [-0.39, 0.29) is 5.60 Å². The maximum atomic E-state index is 5.78. The highest BCUT2D eigenvalue weighted by molar-refractivity contribution is 5.79. The Bertz CT molecular complexity index is 764. The van der Waals surface area contributed by atoms with Gasteiger partial charge in [0.1, 0.15) is 12.0 Å². The van der Waals surface area contributed by atoms with Gasteiger partial charge in [-0.05, 0) is 26.0 Å². The van der Waals surface area contributed by atoms with E-state index >= 15 is 0 Å². The Morgan fingerprint density at radius 2 is 1.96 bits per heavy atom. The fraction of sp³-hybridized carbons (Fsp3) is 0.524. The fourth-order valence-corrected chi connectivity index (χ4v) is 3.15. The average Bonchev–Trinajstić information content (AvgIpc) is 3.20. The Morgan fingerprint density at radius 3 is 2.64 bits per heavy atom. The summed E-state index contributed by atoms with van der Waals surface area (Å²) in [6.07, 6.45) is 3.41. The first-order valence-corrected chi connectivity index (χ1v) is 9.81. The van der Waals surface area contributed by atoms with Crippen molar-refractivity contribution in [1.82, 2.24) is 15.6 Å². The normalized spacial score (nSPS) is 16.8. The lowest BCUT2D eigenvalue weighted by Gasteiger charge is -2.36. The van der Waals surface area contributed by atoms with Gasteiger partial charge in [-0.25, -0.2) is 9.98 Å². The van der Waals surface area contributed by atoms with Crippen LogP contribution in [0.15, 0.2) is 39.9 Å². The van der Waals surface area contributed by atoms with Crippen LogP contribution in [0.1, 0.15) is 31.0 Å². The quantitative estimate of drug-likeness (QED) is 0.563. The number of hydrogen-bond donors (Lipinski definition) is 2. The first-order valence-electron chi connectivity index (χ1n) is 9.81. The van der Waals surface area contributed by atoms with Crippen LogP contribution in [-0.2, 0) is 16.0 Å². The van der Waals surface area contributed by atoms with E-state index < -0.39 is 0 Å². The zero-order valence-electron chi connectivity index (χ0n) is 17.0. The number of hydrogen-bond acceptors (Lipinski definition) is 5. The van der Waals surface area contributed by atoms with Gasteiger partial charge in [0.2, 0.25) is 5.89 Å². The molecule has 152 valence electrons. The van der Waals surface area contributed by atoms with Gasteiger partial charge in [-0.1, -0.05) is 17.7 Å². The topological polar surface area (TPSA) is 80.9 Å². The summed E-state index contributed by atoms with van der Waals surface area (Å²) in [5.41, 5.74) is 2.76. The largest absolute Gasteiger partial charge is 0.444 e. The molecule has 1 aliphatic heterocycles. The maximum absolute atomic E-state index is 5.78. The smallest absolute Gasteiger partial charge is 0.226 e. The van der Waals surface area contributed by atoms with Crippen LogP contribution in [0.3, 0.4) is 0 Å². The summed E-state index contributed by atoms with van der Waals surface area (Å²) in [5, 5.41) is 6.67. The van der Waals surface area contributed by atoms with Gasteiger partial charge in [0, 0.05) is 51.8 Å². The Balaban J connectivity index is 1.62. The molecule has 1 aromatic carbocycles. The van der Waals surface area contributed by atoms with Gasteiger partial charge in [0.15, 0.2) is 5.96 Å². The highest BCUT2D eigenvalue weighted by Crippen LogP contribution is 2.23. The average molecular weight is 386 g/mol. The van der Waals surface area contributed by atoms with Crippen molar-refractivity contribution in [3.63, 3.8) is 0 Å². The Kier molecular flexibility index (Phi) is 7.06. The fourth-order valence-electron chi connectivity index (χ4n) is 3.15. The number of rotatable bonds is 7. The third kappa shape index (κ3) is 5.33. The molecule has 1 fully saturated rings. The number of aryl methyl sites for hydroxylation is 1. The van der Waals surface area contributed by atoms with Crippen molar-refractivity contribution < 1.29 is 13.9 Å². The molecule has 0 radical (unpaired) electrons. The van der Waals surface area contributed by atoms with Gasteiger partial charge < -0.3 is 24.5 Å². The summed E-state index contributed by atoms with van der Waals surface area (Å²) in [6.45, 7) is 7.46. The minimum Gasteiger partial charge on any atom is -0.444 e. The highest BCUT2D eigenvalue weighted by atomic mass is 16.5. The Labute approximate surface area is 166 Å². The number of aromatic nitrogens is 1. The molecular formula is C21H30N4O3. The van der Waals surface area contributed by atoms with E-state index in [1.807, 2.05) is 31.2 Å². The van der Waals surface area contributed by atoms with E-state index in [1.54, 1.807) is 13.4 Å². The maximum Gasteiger partial charge on any atom is 0.226 e. The molecule has 0 aliphatic carbocycles. The molecule has 1 aliphatic rings. The summed E-state index contributed by atoms with van der Waals surface area (Å²) in [7, 11) is 1.76. The number of aliphatic imine (C=N–C) groups is 1. The molecule has 0 saturated carbocycles. The number of nitrogens with one attached hydrogen (secondary N) is 2. The van der Waals surface area contributed by atoms with Crippen LogP contribution >= 0.6 is 0 Å². The van der Waals surface area contributed by atoms with Crippen LogP contribution in [0, 0.1) is 6.92 Å². The lowest BCUT2D eigenvalue weighted by Crippen LogP contribution is -2.50. The van der Waals surface area contributed by atoms with Crippen LogP contribution < -0.4 is 10.6 Å². The van der Waals surface area contributed by atoms with E-state index in [0.717, 1.165) is 49.8 Å². The van der Waals surface area contributed by atoms with Crippen molar-refractivity contribution in [2.24, 2.45) is 4.99 Å². The third-order valence-corrected chi connectivity index (χ3v) is 5.01. The molecule has 7 nitrogen and oxygen atoms in total. The van der Waals surface area contributed by atoms with Gasteiger partial charge in [0.05, 0.1) is 12.1 Å². The van der Waals surface area contributed by atoms with Crippen LogP contribution in [0.5, 0.6) is 0 Å². The standard InChI is InChI=1S/C21H30N4O3/c1-4-22-20(24-15-21(26-3)9-11-27-12-10-21)23-13-18-14-28-19(25-18)17-7-5-16(2)6-8-17/h5-8,14H,4,9-13,15H2,1-3H3,(H2,22,23,24). The van der Waals surface area contributed by atoms with Crippen molar-refractivity contribution in [1.29, 1.82) is 0 Å². The van der Waals surface area contributed by atoms with E-state index in [4.69, 9.17) is 13.9 Å². The molecule has 28 heavy (non-hydrogen) atoms. The van der Waals surface area contributed by atoms with Gasteiger partial charge >= 0.3 is 0 Å². The van der Waals surface area contributed by atoms with E-state index in [0.29, 0.717) is 19.0 Å². The molecule has 2 heterocycles. The summed E-state index contributed by atoms with van der Waals surface area (Å²) < 4.78 is 16.9. The lowest BCUT2D eigenvalue weighted by atomic mass is 9.94. The van der Waals surface area contributed by atoms with Crippen LogP contribution in [0.2, 0.25) is 0 Å². The molecule has 1 aromatic heterocycles. The number of guanidine groups is 1. The zero-order chi connectivity index (χ0) is 19.8. The minimum atomic E-state index is -0.207. The molecule has 2 N–H and O–H groups in total. The predicted octanol–water partition coefficient (Wildman–Crippen LogP) is 2.90. The monoisotopic (exact) mass is 386 g/mol. The van der Waals surface area contributed by atoms with Crippen molar-refractivity contribution in [3.05, 3.63) is 41.8 Å². The first-order chi connectivity index (χ1) is 13.6. The molecule has 2 aromatic rings. The van der Waals surface area contributed by atoms with Crippen molar-refractivity contribution >= 4 is 5.96 Å². The van der Waals surface area contributed by atoms with Gasteiger partial charge in [-0.3, -0.25) is 0 Å². The van der Waals surface area contributed by atoms with Gasteiger partial charge in [-0.15, -0.1) is 0 Å². The zero-order valence-corrected chi connectivity index (χ0v) is 17.0. The van der Waals surface area contributed by atoms with Crippen molar-refractivity contribution in [3.8, 4) is 11.5 Å². The lowest BCUT2D eigenvalue weighted by molar-refractivity contribution is -0.0855. The number of benzene rings is 1. The molecule has 0 amide bonds. The molecule has 0 atom stereocenters. The second-order valence-electron chi connectivity index (χ2n) is 7.06. The first kappa shape index (κ1) is 20.4. The molecule has 1 saturated heterocycles. The number of methoxy groups -OCH3 is 1. The van der Waals surface area contributed by atoms with Crippen LogP contribution in [0.4, 0.5) is 0 Å². The number of nitrogens with zero attached hydrogens (tertiary/aromatic N) is 2. The number of ether oxygens (including phenoxy) is 2. The molecule has 3 rings (SSSR count). The van der Waals surface area contributed by atoms with Gasteiger partial charge in [0.25, 0.3) is 0 Å². The van der Waals surface area contributed by atoms with E-state index in [9.17, 15) is 0 Å². The molecule has 0 bridgehead atoms. The Hall–Kier alpha value is -2.38. The molecular weight excluding hydrogens is 356 g/mol. The second kappa shape index (κ2) is 9.71. The second-order valence-corrected chi connectivity index (χ2v) is 7.06.